The molecule has 0 aliphatic heterocycles. The maximum Gasteiger partial charge on any atom is 0.287 e. The number of carbonyl (C=O) groups is 1. The van der Waals surface area contributed by atoms with Gasteiger partial charge in [0.1, 0.15) is 0 Å². The van der Waals surface area contributed by atoms with Gasteiger partial charge in [-0.2, -0.15) is 0 Å². The lowest BCUT2D eigenvalue weighted by Crippen LogP contribution is -2.39. The van der Waals surface area contributed by atoms with Crippen molar-refractivity contribution < 1.29 is 18.3 Å². The minimum atomic E-state index is -0.346. The minimum Gasteiger partial charge on any atom is -0.490 e. The van der Waals surface area contributed by atoms with Crippen LogP contribution in [0.1, 0.15) is 60.8 Å². The Labute approximate surface area is 212 Å². The number of nitrogens with zero attached hydrogens (tertiary/aromatic N) is 1. The molecule has 0 saturated heterocycles. The molecule has 1 aromatic carbocycles. The van der Waals surface area contributed by atoms with E-state index in [1.165, 1.54) is 25.2 Å². The van der Waals surface area contributed by atoms with Crippen LogP contribution < -0.4 is 20.7 Å². The zero-order valence-electron chi connectivity index (χ0n) is 19.4. The number of hydrogen-bond acceptors (Lipinski definition) is 4. The fraction of sp³-hybridized carbons (Fsp3) is 0.500. The van der Waals surface area contributed by atoms with Crippen LogP contribution in [0.25, 0.3) is 0 Å². The van der Waals surface area contributed by atoms with Gasteiger partial charge in [-0.25, -0.2) is 4.39 Å². The third-order valence-electron chi connectivity index (χ3n) is 5.28. The lowest BCUT2D eigenvalue weighted by Gasteiger charge is -2.19. The standard InChI is InChI=1S/C24H33FN4O3.HI/c1-4-26-24(28-12-5-11-27-23(30)22-16(2)10-13-31-22)29-17(3)19-8-9-21(20(25)14-19)32-15-18-6-7-18;/h8-10,13-14,17-18H,4-7,11-12,15H2,1-3H3,(H,27,30)(H2,26,28,29);1H. The molecule has 1 fully saturated rings. The van der Waals surface area contributed by atoms with E-state index in [0.717, 1.165) is 11.1 Å². The van der Waals surface area contributed by atoms with Crippen LogP contribution in [0.5, 0.6) is 5.75 Å². The van der Waals surface area contributed by atoms with Gasteiger partial charge in [0.15, 0.2) is 23.3 Å². The molecule has 2 aromatic rings. The zero-order valence-corrected chi connectivity index (χ0v) is 21.8. The van der Waals surface area contributed by atoms with Crippen molar-refractivity contribution in [3.63, 3.8) is 0 Å². The van der Waals surface area contributed by atoms with Crippen molar-refractivity contribution in [3.05, 3.63) is 53.2 Å². The Balaban J connectivity index is 0.00000385. The average Bonchev–Trinajstić information content (AvgIpc) is 3.50. The molecule has 182 valence electrons. The van der Waals surface area contributed by atoms with Gasteiger partial charge in [-0.05, 0) is 69.7 Å². The molecule has 1 atom stereocenters. The van der Waals surface area contributed by atoms with Crippen molar-refractivity contribution in [2.75, 3.05) is 26.2 Å². The van der Waals surface area contributed by atoms with Gasteiger partial charge in [-0.15, -0.1) is 24.0 Å². The lowest BCUT2D eigenvalue weighted by atomic mass is 10.1. The van der Waals surface area contributed by atoms with Gasteiger partial charge in [0.05, 0.1) is 18.9 Å². The van der Waals surface area contributed by atoms with E-state index in [0.29, 0.717) is 56.0 Å². The molecule has 1 aliphatic rings. The summed E-state index contributed by atoms with van der Waals surface area (Å²) in [5, 5.41) is 9.33. The van der Waals surface area contributed by atoms with Crippen molar-refractivity contribution in [2.45, 2.75) is 46.1 Å². The zero-order chi connectivity index (χ0) is 22.9. The number of ether oxygens (including phenoxy) is 1. The van der Waals surface area contributed by atoms with E-state index in [9.17, 15) is 9.18 Å². The molecule has 1 heterocycles. The number of aryl methyl sites for hydroxylation is 1. The minimum absolute atomic E-state index is 0. The Morgan fingerprint density at radius 2 is 2.09 bits per heavy atom. The van der Waals surface area contributed by atoms with Gasteiger partial charge >= 0.3 is 0 Å². The van der Waals surface area contributed by atoms with Crippen LogP contribution in [0.15, 0.2) is 39.9 Å². The highest BCUT2D eigenvalue weighted by Crippen LogP contribution is 2.30. The summed E-state index contributed by atoms with van der Waals surface area (Å²) < 4.78 is 25.2. The highest BCUT2D eigenvalue weighted by atomic mass is 127. The molecule has 1 saturated carbocycles. The first-order valence-corrected chi connectivity index (χ1v) is 11.3. The summed E-state index contributed by atoms with van der Waals surface area (Å²) in [5.41, 5.74) is 1.63. The smallest absolute Gasteiger partial charge is 0.287 e. The number of benzene rings is 1. The van der Waals surface area contributed by atoms with E-state index < -0.39 is 0 Å². The Bertz CT molecular complexity index is 930. The van der Waals surface area contributed by atoms with Crippen LogP contribution in [0.4, 0.5) is 4.39 Å². The Morgan fingerprint density at radius 3 is 2.73 bits per heavy atom. The number of rotatable bonds is 11. The van der Waals surface area contributed by atoms with E-state index in [4.69, 9.17) is 9.15 Å². The van der Waals surface area contributed by atoms with E-state index in [2.05, 4.69) is 20.9 Å². The van der Waals surface area contributed by atoms with Gasteiger partial charge in [-0.1, -0.05) is 6.07 Å². The second kappa shape index (κ2) is 13.4. The summed E-state index contributed by atoms with van der Waals surface area (Å²) in [7, 11) is 0. The number of aliphatic imine (C=N–C) groups is 1. The number of hydrogen-bond donors (Lipinski definition) is 3. The first-order chi connectivity index (χ1) is 15.5. The molecule has 1 aromatic heterocycles. The maximum atomic E-state index is 14.4. The van der Waals surface area contributed by atoms with Crippen molar-refractivity contribution in [2.24, 2.45) is 10.9 Å². The number of amides is 1. The first-order valence-electron chi connectivity index (χ1n) is 11.3. The van der Waals surface area contributed by atoms with Crippen LogP contribution in [-0.2, 0) is 0 Å². The molecular formula is C24H34FIN4O3. The van der Waals surface area contributed by atoms with Gasteiger partial charge < -0.3 is 25.1 Å². The topological polar surface area (TPSA) is 87.9 Å². The molecule has 1 amide bonds. The molecule has 3 rings (SSSR count). The summed E-state index contributed by atoms with van der Waals surface area (Å²) in [4.78, 5) is 16.6. The van der Waals surface area contributed by atoms with Crippen LogP contribution in [0.2, 0.25) is 0 Å². The summed E-state index contributed by atoms with van der Waals surface area (Å²) in [5.74, 6) is 1.30. The predicted octanol–water partition coefficient (Wildman–Crippen LogP) is 4.57. The largest absolute Gasteiger partial charge is 0.490 e. The molecule has 1 aliphatic carbocycles. The van der Waals surface area contributed by atoms with Crippen molar-refractivity contribution in [3.8, 4) is 5.75 Å². The molecule has 0 bridgehead atoms. The normalized spacial score (nSPS) is 14.2. The third-order valence-corrected chi connectivity index (χ3v) is 5.28. The summed E-state index contributed by atoms with van der Waals surface area (Å²) in [6.07, 6.45) is 4.52. The predicted molar refractivity (Wildman–Crippen MR) is 138 cm³/mol. The van der Waals surface area contributed by atoms with Gasteiger partial charge in [-0.3, -0.25) is 9.79 Å². The molecule has 33 heavy (non-hydrogen) atoms. The molecule has 0 spiro atoms. The highest BCUT2D eigenvalue weighted by molar-refractivity contribution is 14.0. The second-order valence-corrected chi connectivity index (χ2v) is 8.11. The summed E-state index contributed by atoms with van der Waals surface area (Å²) >= 11 is 0. The van der Waals surface area contributed by atoms with Crippen molar-refractivity contribution >= 4 is 35.8 Å². The Kier molecular flexibility index (Phi) is 11.0. The summed E-state index contributed by atoms with van der Waals surface area (Å²) in [6, 6.07) is 6.70. The number of furan rings is 1. The lowest BCUT2D eigenvalue weighted by molar-refractivity contribution is 0.0925. The van der Waals surface area contributed by atoms with Gasteiger partial charge in [0.2, 0.25) is 0 Å². The third kappa shape index (κ3) is 8.53. The Hall–Kier alpha value is -2.30. The molecule has 7 nitrogen and oxygen atoms in total. The SMILES string of the molecule is CCNC(=NCCCNC(=O)c1occc1C)NC(C)c1ccc(OCC2CC2)c(F)c1.I. The van der Waals surface area contributed by atoms with E-state index in [1.54, 1.807) is 12.1 Å². The monoisotopic (exact) mass is 572 g/mol. The second-order valence-electron chi connectivity index (χ2n) is 8.11. The number of carbonyl (C=O) groups excluding carboxylic acids is 1. The molecule has 9 heteroatoms. The average molecular weight is 572 g/mol. The van der Waals surface area contributed by atoms with Crippen molar-refractivity contribution in [1.82, 2.24) is 16.0 Å². The number of nitrogens with one attached hydrogen (secondary N) is 3. The number of guanidine groups is 1. The molecule has 1 unspecified atom stereocenters. The van der Waals surface area contributed by atoms with Gasteiger partial charge in [0.25, 0.3) is 5.91 Å². The highest BCUT2D eigenvalue weighted by Gasteiger charge is 2.22. The molecular weight excluding hydrogens is 538 g/mol. The quantitative estimate of drug-likeness (QED) is 0.159. The fourth-order valence-electron chi connectivity index (χ4n) is 3.16. The van der Waals surface area contributed by atoms with E-state index in [1.807, 2.05) is 26.8 Å². The van der Waals surface area contributed by atoms with Crippen LogP contribution >= 0.6 is 24.0 Å². The molecule has 3 N–H and O–H groups in total. The van der Waals surface area contributed by atoms with Crippen LogP contribution in [0, 0.1) is 18.7 Å². The molecule has 0 radical (unpaired) electrons. The first kappa shape index (κ1) is 26.9. The fourth-order valence-corrected chi connectivity index (χ4v) is 3.16. The number of halogens is 2. The van der Waals surface area contributed by atoms with Gasteiger partial charge in [0, 0.05) is 25.2 Å². The van der Waals surface area contributed by atoms with Crippen LogP contribution in [-0.4, -0.2) is 38.1 Å². The van der Waals surface area contributed by atoms with E-state index >= 15 is 0 Å². The van der Waals surface area contributed by atoms with Crippen LogP contribution in [0.3, 0.4) is 0 Å². The van der Waals surface area contributed by atoms with Crippen molar-refractivity contribution in [1.29, 1.82) is 0 Å². The summed E-state index contributed by atoms with van der Waals surface area (Å²) in [6.45, 7) is 8.08. The maximum absolute atomic E-state index is 14.4. The van der Waals surface area contributed by atoms with E-state index in [-0.39, 0.29) is 41.7 Å². The Morgan fingerprint density at radius 1 is 1.30 bits per heavy atom.